The van der Waals surface area contributed by atoms with Gasteiger partial charge >= 0.3 is 6.03 Å². The van der Waals surface area contributed by atoms with E-state index in [1.54, 1.807) is 32.3 Å². The molecule has 1 aromatic heterocycles. The number of halogens is 1. The van der Waals surface area contributed by atoms with Crippen molar-refractivity contribution in [2.24, 2.45) is 0 Å². The highest BCUT2D eigenvalue weighted by Gasteiger charge is 2.10. The number of nitrogens with zero attached hydrogens (tertiary/aromatic N) is 2. The van der Waals surface area contributed by atoms with Crippen LogP contribution in [0.25, 0.3) is 11.3 Å². The molecule has 5 nitrogen and oxygen atoms in total. The molecule has 2 aromatic rings. The van der Waals surface area contributed by atoms with Gasteiger partial charge in [-0.3, -0.25) is 5.32 Å². The fraction of sp³-hybridized carbons (Fsp3) is 0.167. The second-order valence-corrected chi connectivity index (χ2v) is 4.34. The van der Waals surface area contributed by atoms with E-state index in [0.29, 0.717) is 16.6 Å². The molecular weight excluding hydrogens is 254 g/mol. The lowest BCUT2D eigenvalue weighted by atomic mass is 10.1. The van der Waals surface area contributed by atoms with Crippen LogP contribution < -0.4 is 5.32 Å². The topological polar surface area (TPSA) is 58.4 Å². The van der Waals surface area contributed by atoms with Crippen molar-refractivity contribution >= 4 is 23.5 Å². The first-order valence-electron chi connectivity index (χ1n) is 5.27. The van der Waals surface area contributed by atoms with Crippen LogP contribution in [0, 0.1) is 0 Å². The van der Waals surface area contributed by atoms with Crippen molar-refractivity contribution in [1.29, 1.82) is 0 Å². The molecule has 2 amide bonds. The third-order valence-corrected chi connectivity index (χ3v) is 2.54. The fourth-order valence-electron chi connectivity index (χ4n) is 1.31. The number of benzene rings is 1. The molecule has 1 aromatic carbocycles. The number of nitrogens with one attached hydrogen (secondary N) is 1. The second kappa shape index (κ2) is 5.10. The molecule has 0 aliphatic carbocycles. The summed E-state index contributed by atoms with van der Waals surface area (Å²) in [5, 5.41) is 7.11. The van der Waals surface area contributed by atoms with E-state index in [9.17, 15) is 4.79 Å². The van der Waals surface area contributed by atoms with E-state index in [4.69, 9.17) is 16.1 Å². The minimum atomic E-state index is -0.270. The van der Waals surface area contributed by atoms with E-state index in [1.807, 2.05) is 12.1 Å². The first-order chi connectivity index (χ1) is 8.56. The van der Waals surface area contributed by atoms with E-state index >= 15 is 0 Å². The molecule has 0 saturated heterocycles. The Labute approximate surface area is 109 Å². The quantitative estimate of drug-likeness (QED) is 0.908. The Hall–Kier alpha value is -2.01. The van der Waals surface area contributed by atoms with E-state index in [1.165, 1.54) is 4.90 Å². The summed E-state index contributed by atoms with van der Waals surface area (Å²) in [7, 11) is 3.29. The van der Waals surface area contributed by atoms with Gasteiger partial charge in [0.15, 0.2) is 0 Å². The Kier molecular flexibility index (Phi) is 3.53. The zero-order valence-electron chi connectivity index (χ0n) is 9.98. The molecule has 0 spiro atoms. The number of carbonyl (C=O) groups excluding carboxylic acids is 1. The first kappa shape index (κ1) is 12.4. The summed E-state index contributed by atoms with van der Waals surface area (Å²) >= 11 is 5.80. The van der Waals surface area contributed by atoms with Gasteiger partial charge in [-0.25, -0.2) is 4.79 Å². The maximum Gasteiger partial charge on any atom is 0.323 e. The van der Waals surface area contributed by atoms with Gasteiger partial charge in [0.2, 0.25) is 5.88 Å². The molecule has 6 heteroatoms. The minimum Gasteiger partial charge on any atom is -0.338 e. The number of rotatable bonds is 2. The van der Waals surface area contributed by atoms with Gasteiger partial charge in [0.1, 0.15) is 5.69 Å². The highest BCUT2D eigenvalue weighted by Crippen LogP contribution is 2.23. The lowest BCUT2D eigenvalue weighted by Gasteiger charge is -2.08. The second-order valence-electron chi connectivity index (χ2n) is 3.91. The highest BCUT2D eigenvalue weighted by atomic mass is 35.5. The smallest absolute Gasteiger partial charge is 0.323 e. The normalized spacial score (nSPS) is 10.2. The molecule has 1 N–H and O–H groups in total. The van der Waals surface area contributed by atoms with Crippen LogP contribution in [0.5, 0.6) is 0 Å². The van der Waals surface area contributed by atoms with Crippen molar-refractivity contribution in [3.63, 3.8) is 0 Å². The van der Waals surface area contributed by atoms with Gasteiger partial charge in [0.25, 0.3) is 0 Å². The van der Waals surface area contributed by atoms with Crippen LogP contribution in [-0.4, -0.2) is 30.2 Å². The molecular formula is C12H12ClN3O2. The molecule has 0 atom stereocenters. The predicted octanol–water partition coefficient (Wildman–Crippen LogP) is 3.09. The van der Waals surface area contributed by atoms with Crippen LogP contribution in [0.15, 0.2) is 34.9 Å². The van der Waals surface area contributed by atoms with Crippen LogP contribution in [0.2, 0.25) is 5.02 Å². The molecule has 18 heavy (non-hydrogen) atoms. The Morgan fingerprint density at radius 1 is 1.33 bits per heavy atom. The summed E-state index contributed by atoms with van der Waals surface area (Å²) in [6, 6.07) is 8.58. The Bertz CT molecular complexity index is 549. The van der Waals surface area contributed by atoms with Gasteiger partial charge in [-0.1, -0.05) is 28.9 Å². The molecule has 0 aliphatic rings. The van der Waals surface area contributed by atoms with Crippen molar-refractivity contribution in [2.75, 3.05) is 19.4 Å². The maximum atomic E-state index is 11.4. The van der Waals surface area contributed by atoms with Gasteiger partial charge in [-0.2, -0.15) is 0 Å². The molecule has 0 unspecified atom stereocenters. The van der Waals surface area contributed by atoms with Gasteiger partial charge in [0, 0.05) is 30.7 Å². The average molecular weight is 266 g/mol. The molecule has 94 valence electrons. The fourth-order valence-corrected chi connectivity index (χ4v) is 1.43. The zero-order valence-corrected chi connectivity index (χ0v) is 10.7. The number of aromatic nitrogens is 1. The van der Waals surface area contributed by atoms with E-state index in [0.717, 1.165) is 5.56 Å². The number of urea groups is 1. The van der Waals surface area contributed by atoms with Crippen molar-refractivity contribution in [3.05, 3.63) is 35.4 Å². The zero-order chi connectivity index (χ0) is 13.1. The number of carbonyl (C=O) groups is 1. The Morgan fingerprint density at radius 3 is 2.61 bits per heavy atom. The van der Waals surface area contributed by atoms with Crippen molar-refractivity contribution < 1.29 is 9.32 Å². The molecule has 0 radical (unpaired) electrons. The standard InChI is InChI=1S/C12H12ClN3O2/c1-16(2)12(17)14-11-7-10(15-18-11)8-3-5-9(13)6-4-8/h3-7H,1-2H3,(H,14,17). The number of hydrogen-bond donors (Lipinski definition) is 1. The van der Waals surface area contributed by atoms with E-state index in [2.05, 4.69) is 10.5 Å². The molecule has 0 bridgehead atoms. The number of hydrogen-bond acceptors (Lipinski definition) is 3. The van der Waals surface area contributed by atoms with Crippen LogP contribution in [0.4, 0.5) is 10.7 Å². The highest BCUT2D eigenvalue weighted by molar-refractivity contribution is 6.30. The third kappa shape index (κ3) is 2.81. The summed E-state index contributed by atoms with van der Waals surface area (Å²) in [5.74, 6) is 0.304. The minimum absolute atomic E-state index is 0.270. The summed E-state index contributed by atoms with van der Waals surface area (Å²) in [4.78, 5) is 12.8. The van der Waals surface area contributed by atoms with Gasteiger partial charge in [-0.15, -0.1) is 0 Å². The van der Waals surface area contributed by atoms with Crippen LogP contribution in [0.3, 0.4) is 0 Å². The molecule has 1 heterocycles. The van der Waals surface area contributed by atoms with Crippen molar-refractivity contribution in [3.8, 4) is 11.3 Å². The number of anilines is 1. The van der Waals surface area contributed by atoms with Gasteiger partial charge in [-0.05, 0) is 12.1 Å². The Balaban J connectivity index is 2.15. The van der Waals surface area contributed by atoms with E-state index < -0.39 is 0 Å². The lowest BCUT2D eigenvalue weighted by molar-refractivity contribution is 0.229. The molecule has 0 saturated carbocycles. The summed E-state index contributed by atoms with van der Waals surface area (Å²) in [5.41, 5.74) is 1.51. The summed E-state index contributed by atoms with van der Waals surface area (Å²) in [6.45, 7) is 0. The van der Waals surface area contributed by atoms with Crippen LogP contribution in [-0.2, 0) is 0 Å². The Morgan fingerprint density at radius 2 is 2.00 bits per heavy atom. The van der Waals surface area contributed by atoms with E-state index in [-0.39, 0.29) is 6.03 Å². The lowest BCUT2D eigenvalue weighted by Crippen LogP contribution is -2.27. The SMILES string of the molecule is CN(C)C(=O)Nc1cc(-c2ccc(Cl)cc2)no1. The predicted molar refractivity (Wildman–Crippen MR) is 69.7 cm³/mol. The first-order valence-corrected chi connectivity index (χ1v) is 5.65. The van der Waals surface area contributed by atoms with Crippen LogP contribution >= 0.6 is 11.6 Å². The van der Waals surface area contributed by atoms with Crippen molar-refractivity contribution in [2.45, 2.75) is 0 Å². The van der Waals surface area contributed by atoms with Crippen molar-refractivity contribution in [1.82, 2.24) is 10.1 Å². The maximum absolute atomic E-state index is 11.4. The van der Waals surface area contributed by atoms with Gasteiger partial charge in [0.05, 0.1) is 0 Å². The third-order valence-electron chi connectivity index (χ3n) is 2.29. The summed E-state index contributed by atoms with van der Waals surface area (Å²) in [6.07, 6.45) is 0. The monoisotopic (exact) mass is 265 g/mol. The molecule has 0 aliphatic heterocycles. The average Bonchev–Trinajstić information content (AvgIpc) is 2.78. The number of amides is 2. The van der Waals surface area contributed by atoms with Gasteiger partial charge < -0.3 is 9.42 Å². The molecule has 2 rings (SSSR count). The molecule has 0 fully saturated rings. The van der Waals surface area contributed by atoms with Crippen LogP contribution in [0.1, 0.15) is 0 Å². The summed E-state index contributed by atoms with van der Waals surface area (Å²) < 4.78 is 5.03. The largest absolute Gasteiger partial charge is 0.338 e.